The minimum Gasteiger partial charge on any atom is -0.507 e. The number of hydrogen-bond acceptors (Lipinski definition) is 4. The number of aryl methyl sites for hydroxylation is 1. The van der Waals surface area contributed by atoms with Crippen LogP contribution in [0.25, 0.3) is 10.8 Å². The number of fused-ring (bicyclic) bond motifs is 2. The first-order chi connectivity index (χ1) is 12.2. The number of amides is 1. The van der Waals surface area contributed by atoms with Crippen LogP contribution in [-0.4, -0.2) is 27.4 Å². The average molecular weight is 334 g/mol. The Morgan fingerprint density at radius 1 is 1.20 bits per heavy atom. The summed E-state index contributed by atoms with van der Waals surface area (Å²) in [5.41, 5.74) is 5.54. The van der Waals surface area contributed by atoms with E-state index in [0.717, 1.165) is 47.7 Å². The quantitative estimate of drug-likeness (QED) is 0.508. The molecule has 1 aromatic heterocycles. The van der Waals surface area contributed by atoms with Gasteiger partial charge < -0.3 is 5.11 Å². The van der Waals surface area contributed by atoms with Crippen molar-refractivity contribution in [2.75, 3.05) is 0 Å². The van der Waals surface area contributed by atoms with Gasteiger partial charge in [0.2, 0.25) is 0 Å². The number of carbonyl (C=O) groups is 1. The number of nitrogens with one attached hydrogen (secondary N) is 2. The maximum atomic E-state index is 12.3. The fourth-order valence-electron chi connectivity index (χ4n) is 3.30. The summed E-state index contributed by atoms with van der Waals surface area (Å²) in [4.78, 5) is 12.3. The van der Waals surface area contributed by atoms with Gasteiger partial charge in [0, 0.05) is 16.8 Å². The van der Waals surface area contributed by atoms with Crippen LogP contribution < -0.4 is 5.43 Å². The molecule has 1 aliphatic carbocycles. The highest BCUT2D eigenvalue weighted by molar-refractivity contribution is 6.03. The minimum atomic E-state index is -0.338. The van der Waals surface area contributed by atoms with Gasteiger partial charge in [-0.15, -0.1) is 0 Å². The molecule has 6 nitrogen and oxygen atoms in total. The summed E-state index contributed by atoms with van der Waals surface area (Å²) in [5, 5.41) is 23.1. The van der Waals surface area contributed by atoms with Crippen LogP contribution in [0.2, 0.25) is 0 Å². The second-order valence-corrected chi connectivity index (χ2v) is 6.16. The normalized spacial score (nSPS) is 13.9. The molecule has 0 radical (unpaired) electrons. The number of hydrogen-bond donors (Lipinski definition) is 3. The van der Waals surface area contributed by atoms with Gasteiger partial charge >= 0.3 is 0 Å². The average Bonchev–Trinajstić information content (AvgIpc) is 3.07. The number of phenolic OH excluding ortho intramolecular Hbond substituents is 1. The number of benzene rings is 2. The molecule has 126 valence electrons. The number of rotatable bonds is 3. The second kappa shape index (κ2) is 6.39. The van der Waals surface area contributed by atoms with E-state index >= 15 is 0 Å². The van der Waals surface area contributed by atoms with Crippen molar-refractivity contribution in [1.82, 2.24) is 15.6 Å². The van der Waals surface area contributed by atoms with Crippen molar-refractivity contribution in [3.8, 4) is 5.75 Å². The van der Waals surface area contributed by atoms with Crippen molar-refractivity contribution in [3.63, 3.8) is 0 Å². The highest BCUT2D eigenvalue weighted by Gasteiger charge is 2.21. The Bertz CT molecular complexity index is 975. The SMILES string of the molecule is O=C(N/N=C\c1c(O)ccc2ccccc12)c1n[nH]c2c1CCCC2. The third-order valence-electron chi connectivity index (χ3n) is 4.58. The van der Waals surface area contributed by atoms with Crippen molar-refractivity contribution < 1.29 is 9.90 Å². The van der Waals surface area contributed by atoms with Crippen LogP contribution in [-0.2, 0) is 12.8 Å². The van der Waals surface area contributed by atoms with E-state index in [1.807, 2.05) is 30.3 Å². The van der Waals surface area contributed by atoms with Crippen molar-refractivity contribution >= 4 is 22.9 Å². The standard InChI is InChI=1S/C19H18N4O2/c24-17-10-9-12-5-1-2-6-13(12)15(17)11-20-23-19(25)18-14-7-3-4-8-16(14)21-22-18/h1-2,5-6,9-11,24H,3-4,7-8H2,(H,21,22)(H,23,25)/b20-11-. The van der Waals surface area contributed by atoms with Gasteiger partial charge in [-0.05, 0) is 42.5 Å². The van der Waals surface area contributed by atoms with Crippen LogP contribution in [0.1, 0.15) is 40.2 Å². The molecule has 1 aliphatic rings. The zero-order valence-electron chi connectivity index (χ0n) is 13.6. The monoisotopic (exact) mass is 334 g/mol. The maximum Gasteiger partial charge on any atom is 0.292 e. The number of hydrazone groups is 1. The number of aromatic amines is 1. The number of carbonyl (C=O) groups excluding carboxylic acids is 1. The first-order valence-electron chi connectivity index (χ1n) is 8.34. The molecule has 0 atom stereocenters. The molecule has 1 amide bonds. The molecule has 0 saturated heterocycles. The minimum absolute atomic E-state index is 0.119. The summed E-state index contributed by atoms with van der Waals surface area (Å²) in [6.07, 6.45) is 5.45. The third kappa shape index (κ3) is 2.87. The van der Waals surface area contributed by atoms with Crippen molar-refractivity contribution in [2.24, 2.45) is 5.10 Å². The predicted octanol–water partition coefficient (Wildman–Crippen LogP) is 2.91. The molecule has 0 fully saturated rings. The molecule has 0 spiro atoms. The summed E-state index contributed by atoms with van der Waals surface area (Å²) in [7, 11) is 0. The van der Waals surface area contributed by atoms with Gasteiger partial charge in [0.05, 0.1) is 6.21 Å². The number of H-pyrrole nitrogens is 1. The van der Waals surface area contributed by atoms with Gasteiger partial charge in [0.1, 0.15) is 5.75 Å². The molecular weight excluding hydrogens is 316 g/mol. The second-order valence-electron chi connectivity index (χ2n) is 6.16. The zero-order valence-corrected chi connectivity index (χ0v) is 13.6. The molecule has 0 bridgehead atoms. The van der Waals surface area contributed by atoms with E-state index < -0.39 is 0 Å². The molecule has 4 rings (SSSR count). The first kappa shape index (κ1) is 15.4. The summed E-state index contributed by atoms with van der Waals surface area (Å²) < 4.78 is 0. The fourth-order valence-corrected chi connectivity index (χ4v) is 3.30. The van der Waals surface area contributed by atoms with Crippen molar-refractivity contribution in [1.29, 1.82) is 0 Å². The molecule has 0 saturated carbocycles. The van der Waals surface area contributed by atoms with E-state index in [-0.39, 0.29) is 11.7 Å². The lowest BCUT2D eigenvalue weighted by molar-refractivity contribution is 0.0949. The third-order valence-corrected chi connectivity index (χ3v) is 4.58. The Morgan fingerprint density at radius 2 is 2.04 bits per heavy atom. The van der Waals surface area contributed by atoms with E-state index in [9.17, 15) is 9.90 Å². The van der Waals surface area contributed by atoms with E-state index in [4.69, 9.17) is 0 Å². The molecule has 0 unspecified atom stereocenters. The molecular formula is C19H18N4O2. The van der Waals surface area contributed by atoms with E-state index in [2.05, 4.69) is 20.7 Å². The molecule has 2 aromatic carbocycles. The number of nitrogens with zero attached hydrogens (tertiary/aromatic N) is 2. The van der Waals surface area contributed by atoms with Gasteiger partial charge in [0.25, 0.3) is 5.91 Å². The Morgan fingerprint density at radius 3 is 2.96 bits per heavy atom. The van der Waals surface area contributed by atoms with Gasteiger partial charge in [-0.25, -0.2) is 5.43 Å². The van der Waals surface area contributed by atoms with Gasteiger partial charge in [-0.2, -0.15) is 10.2 Å². The maximum absolute atomic E-state index is 12.3. The number of phenols is 1. The summed E-state index contributed by atoms with van der Waals surface area (Å²) >= 11 is 0. The van der Waals surface area contributed by atoms with Crippen LogP contribution in [0.15, 0.2) is 41.5 Å². The van der Waals surface area contributed by atoms with Crippen LogP contribution in [0.4, 0.5) is 0 Å². The lowest BCUT2D eigenvalue weighted by Crippen LogP contribution is -2.20. The zero-order chi connectivity index (χ0) is 17.2. The Kier molecular flexibility index (Phi) is 3.93. The molecule has 1 heterocycles. The molecule has 25 heavy (non-hydrogen) atoms. The first-order valence-corrected chi connectivity index (χ1v) is 8.34. The summed E-state index contributed by atoms with van der Waals surface area (Å²) in [6.45, 7) is 0. The van der Waals surface area contributed by atoms with Crippen LogP contribution in [0.3, 0.4) is 0 Å². The number of aromatic nitrogens is 2. The van der Waals surface area contributed by atoms with Gasteiger partial charge in [-0.3, -0.25) is 9.89 Å². The Balaban J connectivity index is 1.56. The van der Waals surface area contributed by atoms with Crippen LogP contribution >= 0.6 is 0 Å². The Labute approximate surface area is 144 Å². The highest BCUT2D eigenvalue weighted by atomic mass is 16.3. The predicted molar refractivity (Wildman–Crippen MR) is 95.9 cm³/mol. The van der Waals surface area contributed by atoms with E-state index in [1.54, 1.807) is 6.07 Å². The van der Waals surface area contributed by atoms with Gasteiger partial charge in [-0.1, -0.05) is 30.3 Å². The van der Waals surface area contributed by atoms with E-state index in [0.29, 0.717) is 11.3 Å². The molecule has 3 aromatic rings. The van der Waals surface area contributed by atoms with Crippen molar-refractivity contribution in [3.05, 3.63) is 58.9 Å². The van der Waals surface area contributed by atoms with Crippen LogP contribution in [0.5, 0.6) is 5.75 Å². The topological polar surface area (TPSA) is 90.4 Å². The number of aromatic hydroxyl groups is 1. The molecule has 6 heteroatoms. The highest BCUT2D eigenvalue weighted by Crippen LogP contribution is 2.25. The van der Waals surface area contributed by atoms with Gasteiger partial charge in [0.15, 0.2) is 5.69 Å². The summed E-state index contributed by atoms with van der Waals surface area (Å²) in [5.74, 6) is -0.218. The summed E-state index contributed by atoms with van der Waals surface area (Å²) in [6, 6.07) is 11.2. The molecule has 0 aliphatic heterocycles. The van der Waals surface area contributed by atoms with Crippen molar-refractivity contribution in [2.45, 2.75) is 25.7 Å². The van der Waals surface area contributed by atoms with E-state index in [1.165, 1.54) is 6.21 Å². The molecule has 3 N–H and O–H groups in total. The fraction of sp³-hybridized carbons (Fsp3) is 0.211. The largest absolute Gasteiger partial charge is 0.507 e. The lowest BCUT2D eigenvalue weighted by atomic mass is 9.96. The lowest BCUT2D eigenvalue weighted by Gasteiger charge is -2.10. The smallest absolute Gasteiger partial charge is 0.292 e. The van der Waals surface area contributed by atoms with Crippen LogP contribution in [0, 0.1) is 0 Å². The Hall–Kier alpha value is -3.15.